The van der Waals surface area contributed by atoms with Crippen LogP contribution in [0.15, 0.2) is 18.2 Å². The zero-order valence-corrected chi connectivity index (χ0v) is 12.2. The minimum absolute atomic E-state index is 0.125. The van der Waals surface area contributed by atoms with Gasteiger partial charge in [0.2, 0.25) is 0 Å². The fourth-order valence-electron chi connectivity index (χ4n) is 2.12. The van der Waals surface area contributed by atoms with Crippen molar-refractivity contribution in [2.45, 2.75) is 25.3 Å². The van der Waals surface area contributed by atoms with E-state index in [0.29, 0.717) is 18.2 Å². The van der Waals surface area contributed by atoms with Crippen LogP contribution < -0.4 is 10.6 Å². The van der Waals surface area contributed by atoms with Crippen LogP contribution in [-0.4, -0.2) is 30.1 Å². The molecule has 1 aliphatic rings. The zero-order chi connectivity index (χ0) is 13.0. The second-order valence-electron chi connectivity index (χ2n) is 4.50. The van der Waals surface area contributed by atoms with E-state index in [1.807, 2.05) is 22.6 Å². The van der Waals surface area contributed by atoms with Crippen LogP contribution in [0, 0.1) is 3.57 Å². The molecule has 0 aliphatic carbocycles. The molecule has 4 nitrogen and oxygen atoms in total. The van der Waals surface area contributed by atoms with Crippen LogP contribution >= 0.6 is 22.6 Å². The van der Waals surface area contributed by atoms with Crippen LogP contribution in [0.4, 0.5) is 0 Å². The number of carbonyl (C=O) groups is 1. The van der Waals surface area contributed by atoms with E-state index in [9.17, 15) is 9.90 Å². The number of nitrogens with one attached hydrogen (secondary N) is 2. The highest BCUT2D eigenvalue weighted by Crippen LogP contribution is 2.20. The first-order valence-electron chi connectivity index (χ1n) is 6.17. The standard InChI is InChI=1S/C13H17IN2O2/c14-11-4-3-9(8-12(11)17)13(18)16-7-5-10-2-1-6-15-10/h3-4,8,10,15,17H,1-2,5-7H2,(H,16,18). The van der Waals surface area contributed by atoms with Crippen molar-refractivity contribution < 1.29 is 9.90 Å². The van der Waals surface area contributed by atoms with Gasteiger partial charge in [-0.3, -0.25) is 4.79 Å². The normalized spacial score (nSPS) is 18.8. The Labute approximate surface area is 120 Å². The Bertz CT molecular complexity index is 431. The fourth-order valence-corrected chi connectivity index (χ4v) is 2.45. The van der Waals surface area contributed by atoms with Gasteiger partial charge in [-0.25, -0.2) is 0 Å². The third-order valence-corrected chi connectivity index (χ3v) is 4.06. The van der Waals surface area contributed by atoms with Crippen molar-refractivity contribution >= 4 is 28.5 Å². The smallest absolute Gasteiger partial charge is 0.251 e. The lowest BCUT2D eigenvalue weighted by Gasteiger charge is -2.11. The summed E-state index contributed by atoms with van der Waals surface area (Å²) in [6.07, 6.45) is 3.38. The van der Waals surface area contributed by atoms with Crippen LogP contribution in [0.1, 0.15) is 29.6 Å². The van der Waals surface area contributed by atoms with Gasteiger partial charge in [0.1, 0.15) is 5.75 Å². The number of amides is 1. The molecule has 0 radical (unpaired) electrons. The van der Waals surface area contributed by atoms with Crippen molar-refractivity contribution in [3.63, 3.8) is 0 Å². The van der Waals surface area contributed by atoms with Gasteiger partial charge in [0.15, 0.2) is 0 Å². The molecule has 3 N–H and O–H groups in total. The van der Waals surface area contributed by atoms with Gasteiger partial charge in [-0.2, -0.15) is 0 Å². The minimum atomic E-state index is -0.125. The summed E-state index contributed by atoms with van der Waals surface area (Å²) in [4.78, 5) is 11.8. The Balaban J connectivity index is 1.81. The summed E-state index contributed by atoms with van der Waals surface area (Å²) in [6.45, 7) is 1.76. The van der Waals surface area contributed by atoms with E-state index in [0.717, 1.165) is 16.5 Å². The minimum Gasteiger partial charge on any atom is -0.507 e. The maximum atomic E-state index is 11.8. The van der Waals surface area contributed by atoms with Crippen LogP contribution in [0.2, 0.25) is 0 Å². The Morgan fingerprint density at radius 2 is 2.39 bits per heavy atom. The second-order valence-corrected chi connectivity index (χ2v) is 5.67. The summed E-state index contributed by atoms with van der Waals surface area (Å²) in [5, 5.41) is 15.8. The molecule has 1 saturated heterocycles. The number of phenolic OH excluding ortho intramolecular Hbond substituents is 1. The van der Waals surface area contributed by atoms with Crippen molar-refractivity contribution in [3.05, 3.63) is 27.3 Å². The van der Waals surface area contributed by atoms with Crippen molar-refractivity contribution in [1.82, 2.24) is 10.6 Å². The predicted octanol–water partition coefficient (Wildman–Crippen LogP) is 1.87. The SMILES string of the molecule is O=C(NCCC1CCCN1)c1ccc(I)c(O)c1. The van der Waals surface area contributed by atoms with Gasteiger partial charge in [0, 0.05) is 18.2 Å². The van der Waals surface area contributed by atoms with Crippen molar-refractivity contribution in [1.29, 1.82) is 0 Å². The molecule has 1 aromatic carbocycles. The van der Waals surface area contributed by atoms with Crippen molar-refractivity contribution in [2.24, 2.45) is 0 Å². The van der Waals surface area contributed by atoms with Crippen LogP contribution in [-0.2, 0) is 0 Å². The summed E-state index contributed by atoms with van der Waals surface area (Å²) in [5.41, 5.74) is 0.507. The number of benzene rings is 1. The summed E-state index contributed by atoms with van der Waals surface area (Å²) in [5.74, 6) is 0.0282. The van der Waals surface area contributed by atoms with Gasteiger partial charge in [0.05, 0.1) is 3.57 Å². The lowest BCUT2D eigenvalue weighted by atomic mass is 10.1. The van der Waals surface area contributed by atoms with E-state index in [1.165, 1.54) is 18.9 Å². The number of aromatic hydroxyl groups is 1. The van der Waals surface area contributed by atoms with E-state index < -0.39 is 0 Å². The lowest BCUT2D eigenvalue weighted by Crippen LogP contribution is -2.30. The molecule has 1 fully saturated rings. The first-order valence-corrected chi connectivity index (χ1v) is 7.25. The Morgan fingerprint density at radius 3 is 3.06 bits per heavy atom. The van der Waals surface area contributed by atoms with E-state index in [1.54, 1.807) is 12.1 Å². The largest absolute Gasteiger partial charge is 0.507 e. The zero-order valence-electron chi connectivity index (χ0n) is 10.1. The molecule has 1 aromatic rings. The number of rotatable bonds is 4. The molecular weight excluding hydrogens is 343 g/mol. The Morgan fingerprint density at radius 1 is 1.56 bits per heavy atom. The van der Waals surface area contributed by atoms with Crippen LogP contribution in [0.3, 0.4) is 0 Å². The predicted molar refractivity (Wildman–Crippen MR) is 78.8 cm³/mol. The number of hydrogen-bond acceptors (Lipinski definition) is 3. The fraction of sp³-hybridized carbons (Fsp3) is 0.462. The van der Waals surface area contributed by atoms with Crippen molar-refractivity contribution in [2.75, 3.05) is 13.1 Å². The van der Waals surface area contributed by atoms with Crippen LogP contribution in [0.25, 0.3) is 0 Å². The lowest BCUT2D eigenvalue weighted by molar-refractivity contribution is 0.0952. The van der Waals surface area contributed by atoms with Gasteiger partial charge in [-0.05, 0) is 66.6 Å². The van der Waals surface area contributed by atoms with Gasteiger partial charge >= 0.3 is 0 Å². The molecule has 2 rings (SSSR count). The van der Waals surface area contributed by atoms with Gasteiger partial charge in [-0.15, -0.1) is 0 Å². The molecule has 1 atom stereocenters. The van der Waals surface area contributed by atoms with Gasteiger partial charge in [-0.1, -0.05) is 0 Å². The summed E-state index contributed by atoms with van der Waals surface area (Å²) in [6, 6.07) is 5.51. The average molecular weight is 360 g/mol. The summed E-state index contributed by atoms with van der Waals surface area (Å²) >= 11 is 2.03. The Kier molecular flexibility index (Phi) is 4.82. The molecule has 0 spiro atoms. The monoisotopic (exact) mass is 360 g/mol. The molecule has 1 amide bonds. The third kappa shape index (κ3) is 3.58. The molecule has 1 heterocycles. The molecule has 0 aromatic heterocycles. The Hall–Kier alpha value is -0.820. The molecule has 0 bridgehead atoms. The van der Waals surface area contributed by atoms with E-state index in [4.69, 9.17) is 0 Å². The van der Waals surface area contributed by atoms with E-state index in [2.05, 4.69) is 10.6 Å². The highest BCUT2D eigenvalue weighted by Gasteiger charge is 2.14. The maximum Gasteiger partial charge on any atom is 0.251 e. The molecular formula is C13H17IN2O2. The number of carbonyl (C=O) groups excluding carboxylic acids is 1. The summed E-state index contributed by atoms with van der Waals surface area (Å²) < 4.78 is 0.749. The first-order chi connectivity index (χ1) is 8.66. The van der Waals surface area contributed by atoms with Gasteiger partial charge < -0.3 is 15.7 Å². The molecule has 0 saturated carbocycles. The number of phenols is 1. The van der Waals surface area contributed by atoms with Gasteiger partial charge in [0.25, 0.3) is 5.91 Å². The maximum absolute atomic E-state index is 11.8. The molecule has 98 valence electrons. The third-order valence-electron chi connectivity index (χ3n) is 3.15. The molecule has 1 unspecified atom stereocenters. The summed E-state index contributed by atoms with van der Waals surface area (Å²) in [7, 11) is 0. The van der Waals surface area contributed by atoms with E-state index >= 15 is 0 Å². The average Bonchev–Trinajstić information content (AvgIpc) is 2.85. The van der Waals surface area contributed by atoms with Crippen molar-refractivity contribution in [3.8, 4) is 5.75 Å². The second kappa shape index (κ2) is 6.38. The first kappa shape index (κ1) is 13.6. The number of hydrogen-bond donors (Lipinski definition) is 3. The molecule has 1 aliphatic heterocycles. The number of halogens is 1. The van der Waals surface area contributed by atoms with E-state index in [-0.39, 0.29) is 11.7 Å². The quantitative estimate of drug-likeness (QED) is 0.719. The highest BCUT2D eigenvalue weighted by atomic mass is 127. The highest BCUT2D eigenvalue weighted by molar-refractivity contribution is 14.1. The molecule has 5 heteroatoms. The molecule has 18 heavy (non-hydrogen) atoms. The topological polar surface area (TPSA) is 61.4 Å². The van der Waals surface area contributed by atoms with Crippen LogP contribution in [0.5, 0.6) is 5.75 Å².